The van der Waals surface area contributed by atoms with Crippen molar-refractivity contribution >= 4 is 0 Å². The first-order valence-corrected chi connectivity index (χ1v) is 5.36. The predicted molar refractivity (Wildman–Crippen MR) is 61.7 cm³/mol. The van der Waals surface area contributed by atoms with Crippen LogP contribution in [0.1, 0.15) is 25.6 Å². The van der Waals surface area contributed by atoms with Crippen molar-refractivity contribution < 1.29 is 32.1 Å². The van der Waals surface area contributed by atoms with Crippen LogP contribution in [0.3, 0.4) is 0 Å². The van der Waals surface area contributed by atoms with Crippen molar-refractivity contribution in [1.29, 1.82) is 0 Å². The van der Waals surface area contributed by atoms with Crippen LogP contribution in [0.4, 0.5) is 13.2 Å². The molecule has 1 unspecified atom stereocenters. The minimum Gasteiger partial charge on any atom is -1.00 e. The Labute approximate surface area is 116 Å². The molecule has 2 N–H and O–H groups in total. The summed E-state index contributed by atoms with van der Waals surface area (Å²) in [4.78, 5) is 15.2. The summed E-state index contributed by atoms with van der Waals surface area (Å²) in [6.45, 7) is 1.68. The summed E-state index contributed by atoms with van der Waals surface area (Å²) >= 11 is 0. The molecule has 1 rings (SSSR count). The van der Waals surface area contributed by atoms with Gasteiger partial charge >= 0.3 is 7.60 Å². The van der Waals surface area contributed by atoms with E-state index in [0.717, 1.165) is 11.1 Å². The molecule has 1 aromatic rings. The number of pyridine rings is 1. The fraction of sp³-hybridized carbons (Fsp3) is 0.545. The molecule has 0 saturated carbocycles. The van der Waals surface area contributed by atoms with Crippen LogP contribution in [0.2, 0.25) is 0 Å². The SMILES string of the molecule is CCc1[nH]cc(C(N(C)C)C(F)(F)F)c(=O)c1O.[Cl-].[H+]. The average molecular weight is 301 g/mol. The molecule has 0 aliphatic rings. The van der Waals surface area contributed by atoms with Gasteiger partial charge in [0.25, 0.3) is 0 Å². The Bertz CT molecular complexity index is 492. The lowest BCUT2D eigenvalue weighted by atomic mass is 10.1. The number of hydrogen-bond acceptors (Lipinski definition) is 3. The molecule has 0 aliphatic heterocycles. The van der Waals surface area contributed by atoms with Crippen molar-refractivity contribution in [3.05, 3.63) is 27.7 Å². The normalized spacial score (nSPS) is 13.2. The van der Waals surface area contributed by atoms with E-state index in [1.54, 1.807) is 6.92 Å². The van der Waals surface area contributed by atoms with E-state index in [-0.39, 0.29) is 19.5 Å². The van der Waals surface area contributed by atoms with E-state index in [2.05, 4.69) is 4.98 Å². The van der Waals surface area contributed by atoms with Crippen LogP contribution < -0.4 is 17.8 Å². The zero-order valence-electron chi connectivity index (χ0n) is 11.7. The van der Waals surface area contributed by atoms with Crippen LogP contribution >= 0.6 is 0 Å². The summed E-state index contributed by atoms with van der Waals surface area (Å²) in [5.74, 6) is -0.647. The second-order valence-corrected chi connectivity index (χ2v) is 4.16. The third kappa shape index (κ3) is 3.63. The first kappa shape index (κ1) is 17.8. The van der Waals surface area contributed by atoms with Gasteiger partial charge in [-0.2, -0.15) is 13.2 Å². The highest BCUT2D eigenvalue weighted by molar-refractivity contribution is 5.32. The van der Waals surface area contributed by atoms with Crippen molar-refractivity contribution in [3.63, 3.8) is 0 Å². The minimum atomic E-state index is -4.59. The van der Waals surface area contributed by atoms with Gasteiger partial charge in [-0.05, 0) is 20.5 Å². The molecule has 0 spiro atoms. The molecule has 8 heteroatoms. The molecule has 0 aliphatic carbocycles. The number of nitrogens with zero attached hydrogens (tertiary/aromatic N) is 1. The Morgan fingerprint density at radius 2 is 2.00 bits per heavy atom. The molecule has 19 heavy (non-hydrogen) atoms. The average Bonchev–Trinajstić information content (AvgIpc) is 2.22. The number of aromatic amines is 1. The third-order valence-corrected chi connectivity index (χ3v) is 2.64. The van der Waals surface area contributed by atoms with Crippen LogP contribution in [-0.4, -0.2) is 35.3 Å². The number of nitrogens with one attached hydrogen (secondary N) is 1. The number of aryl methyl sites for hydroxylation is 1. The number of aromatic nitrogens is 1. The number of halogens is 4. The van der Waals surface area contributed by atoms with Gasteiger partial charge in [-0.15, -0.1) is 0 Å². The van der Waals surface area contributed by atoms with E-state index in [1.165, 1.54) is 14.1 Å². The van der Waals surface area contributed by atoms with Crippen molar-refractivity contribution in [3.8, 4) is 5.75 Å². The van der Waals surface area contributed by atoms with E-state index in [0.29, 0.717) is 6.42 Å². The summed E-state index contributed by atoms with van der Waals surface area (Å²) in [5.41, 5.74) is -1.27. The topological polar surface area (TPSA) is 56.3 Å². The Kier molecular flexibility index (Phi) is 5.89. The fourth-order valence-electron chi connectivity index (χ4n) is 1.79. The first-order valence-electron chi connectivity index (χ1n) is 5.36. The molecule has 0 aromatic carbocycles. The van der Waals surface area contributed by atoms with Crippen LogP contribution in [0.25, 0.3) is 0 Å². The highest BCUT2D eigenvalue weighted by Gasteiger charge is 2.44. The predicted octanol–water partition coefficient (Wildman–Crippen LogP) is -1.08. The molecular formula is C11H16ClF3N2O2. The summed E-state index contributed by atoms with van der Waals surface area (Å²) in [7, 11) is 2.45. The molecule has 0 bridgehead atoms. The Hall–Kier alpha value is -1.21. The standard InChI is InChI=1S/C11H15F3N2O2.ClH/c1-4-7-9(18)8(17)6(5-15-7)10(16(2)3)11(12,13)14;/h5,10,18H,4H2,1-3H3,(H,15,17);1H. The molecule has 0 saturated heterocycles. The molecule has 4 nitrogen and oxygen atoms in total. The van der Waals surface area contributed by atoms with Gasteiger partial charge in [0.05, 0.1) is 5.69 Å². The Morgan fingerprint density at radius 3 is 2.37 bits per heavy atom. The maximum Gasteiger partial charge on any atom is 1.00 e. The van der Waals surface area contributed by atoms with Gasteiger partial charge in [-0.3, -0.25) is 9.69 Å². The lowest BCUT2D eigenvalue weighted by molar-refractivity contribution is -0.179. The smallest absolute Gasteiger partial charge is 1.00 e. The second kappa shape index (κ2) is 6.29. The van der Waals surface area contributed by atoms with E-state index in [1.807, 2.05) is 0 Å². The second-order valence-electron chi connectivity index (χ2n) is 4.16. The number of hydrogen-bond donors (Lipinski definition) is 2. The van der Waals surface area contributed by atoms with Crippen LogP contribution in [0.15, 0.2) is 11.0 Å². The lowest BCUT2D eigenvalue weighted by Crippen LogP contribution is -3.00. The van der Waals surface area contributed by atoms with E-state index >= 15 is 0 Å². The van der Waals surface area contributed by atoms with Crippen molar-refractivity contribution in [2.45, 2.75) is 25.6 Å². The van der Waals surface area contributed by atoms with Crippen LogP contribution in [0, 0.1) is 0 Å². The van der Waals surface area contributed by atoms with Crippen molar-refractivity contribution in [1.82, 2.24) is 9.88 Å². The summed E-state index contributed by atoms with van der Waals surface area (Å²) in [6.07, 6.45) is -3.24. The van der Waals surface area contributed by atoms with Gasteiger partial charge in [-0.25, -0.2) is 0 Å². The number of aromatic hydroxyl groups is 1. The fourth-order valence-corrected chi connectivity index (χ4v) is 1.79. The summed E-state index contributed by atoms with van der Waals surface area (Å²) in [5, 5.41) is 9.55. The zero-order valence-corrected chi connectivity index (χ0v) is 11.4. The molecule has 1 atom stereocenters. The number of alkyl halides is 3. The first-order chi connectivity index (χ1) is 8.20. The third-order valence-electron chi connectivity index (χ3n) is 2.64. The van der Waals surface area contributed by atoms with E-state index in [9.17, 15) is 23.1 Å². The Balaban J connectivity index is 0. The summed E-state index contributed by atoms with van der Waals surface area (Å²) in [6, 6.07) is -2.04. The van der Waals surface area contributed by atoms with Gasteiger partial charge in [0, 0.05) is 11.8 Å². The summed E-state index contributed by atoms with van der Waals surface area (Å²) < 4.78 is 38.6. The molecule has 1 aromatic heterocycles. The van der Waals surface area contributed by atoms with E-state index < -0.39 is 29.0 Å². The van der Waals surface area contributed by atoms with Gasteiger partial charge in [0.1, 0.15) is 6.04 Å². The largest absolute Gasteiger partial charge is 1.00 e. The highest BCUT2D eigenvalue weighted by Crippen LogP contribution is 2.35. The van der Waals surface area contributed by atoms with Gasteiger partial charge in [0.2, 0.25) is 5.43 Å². The van der Waals surface area contributed by atoms with Gasteiger partial charge < -0.3 is 22.5 Å². The van der Waals surface area contributed by atoms with E-state index in [4.69, 9.17) is 0 Å². The maximum absolute atomic E-state index is 12.9. The molecule has 0 radical (unpaired) electrons. The number of rotatable bonds is 3. The van der Waals surface area contributed by atoms with Crippen molar-refractivity contribution in [2.75, 3.05) is 14.1 Å². The van der Waals surface area contributed by atoms with Crippen LogP contribution in [0.5, 0.6) is 5.75 Å². The molecule has 0 amide bonds. The number of H-pyrrole nitrogens is 1. The van der Waals surface area contributed by atoms with Gasteiger partial charge in [-0.1, -0.05) is 6.92 Å². The Morgan fingerprint density at radius 1 is 1.47 bits per heavy atom. The molecular weight excluding hydrogens is 285 g/mol. The monoisotopic (exact) mass is 300 g/mol. The minimum absolute atomic E-state index is 0. The van der Waals surface area contributed by atoms with Crippen molar-refractivity contribution in [2.24, 2.45) is 0 Å². The quantitative estimate of drug-likeness (QED) is 0.747. The zero-order chi connectivity index (χ0) is 14.1. The molecule has 110 valence electrons. The lowest BCUT2D eigenvalue weighted by Gasteiger charge is -2.26. The van der Waals surface area contributed by atoms with Gasteiger partial charge in [0.15, 0.2) is 5.75 Å². The molecule has 0 fully saturated rings. The molecule has 1 heterocycles. The highest BCUT2D eigenvalue weighted by atomic mass is 35.5. The van der Waals surface area contributed by atoms with Crippen LogP contribution in [-0.2, 0) is 6.42 Å². The maximum atomic E-state index is 12.9.